The van der Waals surface area contributed by atoms with Gasteiger partial charge in [0.2, 0.25) is 5.88 Å². The first-order valence-corrected chi connectivity index (χ1v) is 10.4. The van der Waals surface area contributed by atoms with E-state index in [1.54, 1.807) is 12.3 Å². The van der Waals surface area contributed by atoms with Gasteiger partial charge in [-0.3, -0.25) is 0 Å². The Balaban J connectivity index is 1.62. The molecule has 3 heterocycles. The minimum atomic E-state index is -0.837. The first kappa shape index (κ1) is 20.0. The van der Waals surface area contributed by atoms with Gasteiger partial charge in [-0.25, -0.2) is 9.98 Å². The Kier molecular flexibility index (Phi) is 4.56. The highest BCUT2D eigenvalue weighted by molar-refractivity contribution is 5.77. The van der Waals surface area contributed by atoms with Gasteiger partial charge in [0, 0.05) is 34.4 Å². The normalized spacial score (nSPS) is 18.4. The van der Waals surface area contributed by atoms with Gasteiger partial charge in [-0.2, -0.15) is 0 Å². The third kappa shape index (κ3) is 3.63. The molecular formula is C26H23N3O3. The highest BCUT2D eigenvalue weighted by Crippen LogP contribution is 2.52. The van der Waals surface area contributed by atoms with E-state index < -0.39 is 5.54 Å². The molecule has 0 saturated carbocycles. The van der Waals surface area contributed by atoms with Crippen molar-refractivity contribution in [3.63, 3.8) is 0 Å². The molecule has 2 aliphatic heterocycles. The van der Waals surface area contributed by atoms with Crippen LogP contribution in [-0.2, 0) is 10.3 Å². The fourth-order valence-corrected chi connectivity index (χ4v) is 3.76. The fourth-order valence-electron chi connectivity index (χ4n) is 3.76. The number of rotatable bonds is 2. The van der Waals surface area contributed by atoms with E-state index >= 15 is 0 Å². The van der Waals surface area contributed by atoms with Crippen molar-refractivity contribution in [3.05, 3.63) is 77.5 Å². The molecule has 2 aliphatic rings. The summed E-state index contributed by atoms with van der Waals surface area (Å²) in [5, 5.41) is 0. The van der Waals surface area contributed by atoms with Crippen LogP contribution in [0.2, 0.25) is 0 Å². The summed E-state index contributed by atoms with van der Waals surface area (Å²) in [6.07, 6.45) is 1.69. The van der Waals surface area contributed by atoms with Crippen molar-refractivity contribution in [1.29, 1.82) is 0 Å². The number of nitrogens with two attached hydrogens (primary N) is 1. The van der Waals surface area contributed by atoms with Crippen molar-refractivity contribution in [2.75, 3.05) is 6.61 Å². The average Bonchev–Trinajstić information content (AvgIpc) is 3.16. The van der Waals surface area contributed by atoms with Crippen LogP contribution in [-0.4, -0.2) is 17.6 Å². The quantitative estimate of drug-likeness (QED) is 0.587. The van der Waals surface area contributed by atoms with Crippen LogP contribution in [0.1, 0.15) is 37.5 Å². The summed E-state index contributed by atoms with van der Waals surface area (Å²) >= 11 is 0. The molecule has 0 amide bonds. The van der Waals surface area contributed by atoms with Gasteiger partial charge >= 0.3 is 0 Å². The summed E-state index contributed by atoms with van der Waals surface area (Å²) in [5.41, 5.74) is 7.61. The van der Waals surface area contributed by atoms with Crippen LogP contribution in [0.3, 0.4) is 0 Å². The van der Waals surface area contributed by atoms with Crippen molar-refractivity contribution >= 4 is 6.02 Å². The monoisotopic (exact) mass is 425 g/mol. The maximum absolute atomic E-state index is 6.22. The fraction of sp³-hybridized carbons (Fsp3) is 0.231. The van der Waals surface area contributed by atoms with Gasteiger partial charge in [0.05, 0.1) is 0 Å². The zero-order chi connectivity index (χ0) is 22.3. The lowest BCUT2D eigenvalue weighted by atomic mass is 9.80. The molecule has 0 bridgehead atoms. The van der Waals surface area contributed by atoms with Crippen LogP contribution in [0.5, 0.6) is 23.1 Å². The van der Waals surface area contributed by atoms with E-state index in [2.05, 4.69) is 37.6 Å². The SMILES string of the molecule is CC(C)(C)C#Cc1ccc2c(c1)[C@]1(COC(N)=N1)c1cc(Oc3ccccn3)ccc1O2. The van der Waals surface area contributed by atoms with Crippen LogP contribution in [0.15, 0.2) is 65.8 Å². The second-order valence-electron chi connectivity index (χ2n) is 8.84. The maximum atomic E-state index is 6.22. The van der Waals surface area contributed by atoms with Gasteiger partial charge in [0.15, 0.2) is 5.54 Å². The minimum absolute atomic E-state index is 0.104. The van der Waals surface area contributed by atoms with Crippen molar-refractivity contribution in [2.45, 2.75) is 26.3 Å². The van der Waals surface area contributed by atoms with Crippen molar-refractivity contribution in [2.24, 2.45) is 16.1 Å². The van der Waals surface area contributed by atoms with Crippen molar-refractivity contribution in [1.82, 2.24) is 4.98 Å². The van der Waals surface area contributed by atoms with Gasteiger partial charge in [0.25, 0.3) is 6.02 Å². The number of fused-ring (bicyclic) bond motifs is 4. The van der Waals surface area contributed by atoms with Crippen LogP contribution in [0, 0.1) is 17.3 Å². The summed E-state index contributed by atoms with van der Waals surface area (Å²) < 4.78 is 17.8. The molecule has 3 aromatic rings. The molecule has 0 unspecified atom stereocenters. The standard InChI is InChI=1S/C26H23N3O3/c1-25(2,3)12-11-17-7-9-21-19(14-17)26(16-30-24(27)29-26)20-15-18(8-10-22(20)32-21)31-23-6-4-5-13-28-23/h4-10,13-15H,16H2,1-3H3,(H2,27,29)/t26-/m1/s1. The summed E-state index contributed by atoms with van der Waals surface area (Å²) in [6, 6.07) is 17.2. The van der Waals surface area contributed by atoms with Gasteiger partial charge < -0.3 is 19.9 Å². The maximum Gasteiger partial charge on any atom is 0.283 e. The second-order valence-corrected chi connectivity index (χ2v) is 8.84. The molecule has 1 atom stereocenters. The Morgan fingerprint density at radius 1 is 1.03 bits per heavy atom. The van der Waals surface area contributed by atoms with Crippen molar-refractivity contribution < 1.29 is 14.2 Å². The number of aliphatic imine (C=N–C) groups is 1. The molecule has 0 saturated heterocycles. The summed E-state index contributed by atoms with van der Waals surface area (Å²) in [6.45, 7) is 6.51. The number of ether oxygens (including phenoxy) is 3. The molecular weight excluding hydrogens is 402 g/mol. The molecule has 2 N–H and O–H groups in total. The van der Waals surface area contributed by atoms with E-state index in [-0.39, 0.29) is 18.0 Å². The first-order chi connectivity index (χ1) is 15.3. The molecule has 6 heteroatoms. The molecule has 0 aliphatic carbocycles. The lowest BCUT2D eigenvalue weighted by Crippen LogP contribution is -2.31. The summed E-state index contributed by atoms with van der Waals surface area (Å²) in [7, 11) is 0. The van der Waals surface area contributed by atoms with Crippen LogP contribution >= 0.6 is 0 Å². The molecule has 2 aromatic carbocycles. The molecule has 1 spiro atoms. The number of pyridine rings is 1. The van der Waals surface area contributed by atoms with Crippen LogP contribution in [0.25, 0.3) is 0 Å². The van der Waals surface area contributed by atoms with E-state index in [4.69, 9.17) is 24.9 Å². The Morgan fingerprint density at radius 3 is 2.50 bits per heavy atom. The smallest absolute Gasteiger partial charge is 0.283 e. The molecule has 0 radical (unpaired) electrons. The molecule has 160 valence electrons. The Hall–Kier alpha value is -3.98. The topological polar surface area (TPSA) is 79.0 Å². The molecule has 6 nitrogen and oxygen atoms in total. The molecule has 0 fully saturated rings. The second kappa shape index (κ2) is 7.31. The number of aromatic nitrogens is 1. The number of nitrogens with zero attached hydrogens (tertiary/aromatic N) is 2. The van der Waals surface area contributed by atoms with Gasteiger partial charge in [-0.1, -0.05) is 17.9 Å². The predicted octanol–water partition coefficient (Wildman–Crippen LogP) is 4.97. The summed E-state index contributed by atoms with van der Waals surface area (Å²) in [4.78, 5) is 8.97. The van der Waals surface area contributed by atoms with Crippen molar-refractivity contribution in [3.8, 4) is 35.0 Å². The third-order valence-electron chi connectivity index (χ3n) is 5.21. The molecule has 1 aromatic heterocycles. The highest BCUT2D eigenvalue weighted by Gasteiger charge is 2.47. The van der Waals surface area contributed by atoms with Gasteiger partial charge in [0.1, 0.15) is 23.9 Å². The zero-order valence-electron chi connectivity index (χ0n) is 18.2. The Labute approximate surface area is 187 Å². The number of hydrogen-bond acceptors (Lipinski definition) is 6. The van der Waals surface area contributed by atoms with E-state index in [0.717, 1.165) is 16.7 Å². The third-order valence-corrected chi connectivity index (χ3v) is 5.21. The lowest BCUT2D eigenvalue weighted by molar-refractivity contribution is 0.264. The lowest BCUT2D eigenvalue weighted by Gasteiger charge is -2.33. The van der Waals surface area contributed by atoms with E-state index in [1.165, 1.54) is 0 Å². The molecule has 32 heavy (non-hydrogen) atoms. The average molecular weight is 425 g/mol. The highest BCUT2D eigenvalue weighted by atomic mass is 16.5. The zero-order valence-corrected chi connectivity index (χ0v) is 18.2. The number of benzene rings is 2. The molecule has 5 rings (SSSR count). The number of amidine groups is 1. The summed E-state index contributed by atoms with van der Waals surface area (Å²) in [5.74, 6) is 9.06. The van der Waals surface area contributed by atoms with Crippen LogP contribution in [0.4, 0.5) is 0 Å². The van der Waals surface area contributed by atoms with E-state index in [1.807, 2.05) is 48.5 Å². The van der Waals surface area contributed by atoms with E-state index in [0.29, 0.717) is 23.1 Å². The Bertz CT molecular complexity index is 1280. The van der Waals surface area contributed by atoms with Gasteiger partial charge in [-0.15, -0.1) is 0 Å². The van der Waals surface area contributed by atoms with Gasteiger partial charge in [-0.05, 0) is 63.2 Å². The largest absolute Gasteiger partial charge is 0.462 e. The minimum Gasteiger partial charge on any atom is -0.462 e. The van der Waals surface area contributed by atoms with E-state index in [9.17, 15) is 0 Å². The predicted molar refractivity (Wildman–Crippen MR) is 122 cm³/mol. The number of hydrogen-bond donors (Lipinski definition) is 1. The Morgan fingerprint density at radius 2 is 1.81 bits per heavy atom. The van der Waals surface area contributed by atoms with Crippen LogP contribution < -0.4 is 15.2 Å². The first-order valence-electron chi connectivity index (χ1n) is 10.4.